The quantitative estimate of drug-likeness (QED) is 0.722. The number of benzene rings is 2. The third-order valence-electron chi connectivity index (χ3n) is 3.56. The molecule has 1 aromatic heterocycles. The molecule has 0 aliphatic rings. The molecule has 110 valence electrons. The molecule has 0 atom stereocenters. The number of hydrogen-bond donors (Lipinski definition) is 2. The zero-order valence-corrected chi connectivity index (χ0v) is 12.3. The second-order valence-corrected chi connectivity index (χ2v) is 5.44. The van der Waals surface area contributed by atoms with E-state index in [0.29, 0.717) is 17.0 Å². The average molecular weight is 313 g/mol. The number of hydrogen-bond acceptors (Lipinski definition) is 3. The minimum atomic E-state index is -1.05. The largest absolute Gasteiger partial charge is 0.478 e. The predicted molar refractivity (Wildman–Crippen MR) is 87.4 cm³/mol. The molecule has 0 saturated carbocycles. The number of aromatic carboxylic acids is 1. The zero-order valence-electron chi connectivity index (χ0n) is 11.6. The lowest BCUT2D eigenvalue weighted by Gasteiger charge is -2.11. The number of aromatic nitrogens is 1. The van der Waals surface area contributed by atoms with Crippen LogP contribution in [0.1, 0.15) is 21.5 Å². The van der Waals surface area contributed by atoms with E-state index in [1.807, 2.05) is 36.4 Å². The van der Waals surface area contributed by atoms with Gasteiger partial charge in [0.1, 0.15) is 0 Å². The number of fused-ring (bicyclic) bond motifs is 1. The van der Waals surface area contributed by atoms with Gasteiger partial charge in [-0.25, -0.2) is 4.79 Å². The summed E-state index contributed by atoms with van der Waals surface area (Å²) in [7, 11) is 0. The van der Waals surface area contributed by atoms with Crippen molar-refractivity contribution in [3.63, 3.8) is 0 Å². The smallest absolute Gasteiger partial charge is 0.337 e. The maximum absolute atomic E-state index is 11.4. The van der Waals surface area contributed by atoms with Gasteiger partial charge >= 0.3 is 5.97 Å². The maximum Gasteiger partial charge on any atom is 0.337 e. The Morgan fingerprint density at radius 1 is 1.23 bits per heavy atom. The first-order valence-electron chi connectivity index (χ1n) is 6.70. The Hall–Kier alpha value is -2.59. The molecule has 4 nitrogen and oxygen atoms in total. The number of carbonyl (C=O) groups is 1. The summed E-state index contributed by atoms with van der Waals surface area (Å²) < 4.78 is 0. The Labute approximate surface area is 132 Å². The lowest BCUT2D eigenvalue weighted by atomic mass is 9.97. The highest BCUT2D eigenvalue weighted by atomic mass is 35.5. The van der Waals surface area contributed by atoms with Gasteiger partial charge in [-0.15, -0.1) is 0 Å². The average Bonchev–Trinajstić information content (AvgIpc) is 2.52. The summed E-state index contributed by atoms with van der Waals surface area (Å²) in [4.78, 5) is 15.6. The predicted octanol–water partition coefficient (Wildman–Crippen LogP) is 3.76. The Balaban J connectivity index is 2.17. The first kappa shape index (κ1) is 14.4. The fourth-order valence-corrected chi connectivity index (χ4v) is 2.61. The highest BCUT2D eigenvalue weighted by Crippen LogP contribution is 2.28. The van der Waals surface area contributed by atoms with Crippen molar-refractivity contribution >= 4 is 34.2 Å². The van der Waals surface area contributed by atoms with Crippen LogP contribution < -0.4 is 5.73 Å². The van der Waals surface area contributed by atoms with Crippen LogP contribution in [0.2, 0.25) is 5.02 Å². The van der Waals surface area contributed by atoms with Gasteiger partial charge in [0, 0.05) is 16.6 Å². The lowest BCUT2D eigenvalue weighted by Crippen LogP contribution is -2.06. The topological polar surface area (TPSA) is 76.2 Å². The van der Waals surface area contributed by atoms with Crippen molar-refractivity contribution < 1.29 is 9.90 Å². The third kappa shape index (κ3) is 2.61. The summed E-state index contributed by atoms with van der Waals surface area (Å²) in [5.41, 5.74) is 8.65. The summed E-state index contributed by atoms with van der Waals surface area (Å²) in [6, 6.07) is 12.8. The van der Waals surface area contributed by atoms with Crippen molar-refractivity contribution in [2.75, 3.05) is 5.73 Å². The number of carboxylic acids is 1. The Morgan fingerprint density at radius 3 is 2.64 bits per heavy atom. The standard InChI is InChI=1S/C17H13ClN2O2/c18-12-5-3-10(4-6-12)8-11-9-14(17(21)22)15(19)16-13(11)2-1-7-20-16/h1-7,9H,8,19H2,(H,21,22). The molecule has 0 saturated heterocycles. The molecule has 0 aliphatic carbocycles. The molecular weight excluding hydrogens is 300 g/mol. The van der Waals surface area contributed by atoms with Crippen molar-refractivity contribution in [1.29, 1.82) is 0 Å². The number of rotatable bonds is 3. The Bertz CT molecular complexity index is 860. The van der Waals surface area contributed by atoms with Crippen LogP contribution in [0, 0.1) is 0 Å². The van der Waals surface area contributed by atoms with Crippen LogP contribution in [0.3, 0.4) is 0 Å². The molecule has 0 fully saturated rings. The van der Waals surface area contributed by atoms with Crippen molar-refractivity contribution in [2.24, 2.45) is 0 Å². The molecule has 0 unspecified atom stereocenters. The van der Waals surface area contributed by atoms with Crippen LogP contribution in [0.15, 0.2) is 48.7 Å². The minimum absolute atomic E-state index is 0.0789. The van der Waals surface area contributed by atoms with Gasteiger partial charge in [-0.1, -0.05) is 29.8 Å². The van der Waals surface area contributed by atoms with Gasteiger partial charge in [-0.05, 0) is 41.8 Å². The number of pyridine rings is 1. The molecule has 0 radical (unpaired) electrons. The van der Waals surface area contributed by atoms with Crippen molar-refractivity contribution in [2.45, 2.75) is 6.42 Å². The second kappa shape index (κ2) is 5.66. The molecule has 0 aliphatic heterocycles. The van der Waals surface area contributed by atoms with E-state index in [1.165, 1.54) is 0 Å². The van der Waals surface area contributed by atoms with Crippen LogP contribution in [-0.4, -0.2) is 16.1 Å². The monoisotopic (exact) mass is 312 g/mol. The van der Waals surface area contributed by atoms with Gasteiger partial charge < -0.3 is 10.8 Å². The molecule has 3 N–H and O–H groups in total. The van der Waals surface area contributed by atoms with Gasteiger partial charge in [-0.3, -0.25) is 4.98 Å². The normalized spacial score (nSPS) is 10.8. The first-order valence-corrected chi connectivity index (χ1v) is 7.08. The van der Waals surface area contributed by atoms with Crippen LogP contribution in [0.4, 0.5) is 5.69 Å². The van der Waals surface area contributed by atoms with E-state index in [9.17, 15) is 9.90 Å². The third-order valence-corrected chi connectivity index (χ3v) is 3.81. The van der Waals surface area contributed by atoms with E-state index in [1.54, 1.807) is 12.3 Å². The lowest BCUT2D eigenvalue weighted by molar-refractivity contribution is 0.0698. The number of halogens is 1. The Kier molecular flexibility index (Phi) is 3.69. The molecule has 3 rings (SSSR count). The molecule has 2 aromatic carbocycles. The molecule has 0 amide bonds. The van der Waals surface area contributed by atoms with E-state index in [0.717, 1.165) is 16.5 Å². The molecule has 0 bridgehead atoms. The summed E-state index contributed by atoms with van der Waals surface area (Å²) >= 11 is 5.89. The van der Waals surface area contributed by atoms with Gasteiger partial charge in [-0.2, -0.15) is 0 Å². The molecule has 22 heavy (non-hydrogen) atoms. The first-order chi connectivity index (χ1) is 10.6. The number of anilines is 1. The SMILES string of the molecule is Nc1c(C(=O)O)cc(Cc2ccc(Cl)cc2)c2cccnc12. The summed E-state index contributed by atoms with van der Waals surface area (Å²) in [5, 5.41) is 10.9. The second-order valence-electron chi connectivity index (χ2n) is 5.00. The highest BCUT2D eigenvalue weighted by molar-refractivity contribution is 6.30. The van der Waals surface area contributed by atoms with Crippen LogP contribution in [0.25, 0.3) is 10.9 Å². The fourth-order valence-electron chi connectivity index (χ4n) is 2.48. The van der Waals surface area contributed by atoms with Crippen molar-refractivity contribution in [3.05, 3.63) is 70.4 Å². The van der Waals surface area contributed by atoms with Gasteiger partial charge in [0.25, 0.3) is 0 Å². The van der Waals surface area contributed by atoms with E-state index in [4.69, 9.17) is 17.3 Å². The minimum Gasteiger partial charge on any atom is -0.478 e. The highest BCUT2D eigenvalue weighted by Gasteiger charge is 2.15. The van der Waals surface area contributed by atoms with Crippen LogP contribution in [-0.2, 0) is 6.42 Å². The van der Waals surface area contributed by atoms with E-state index >= 15 is 0 Å². The summed E-state index contributed by atoms with van der Waals surface area (Å²) in [6.07, 6.45) is 2.19. The molecule has 5 heteroatoms. The molecular formula is C17H13ClN2O2. The summed E-state index contributed by atoms with van der Waals surface area (Å²) in [6.45, 7) is 0. The molecule has 3 aromatic rings. The molecule has 0 spiro atoms. The van der Waals surface area contributed by atoms with Crippen molar-refractivity contribution in [1.82, 2.24) is 4.98 Å². The van der Waals surface area contributed by atoms with E-state index < -0.39 is 5.97 Å². The van der Waals surface area contributed by atoms with Crippen molar-refractivity contribution in [3.8, 4) is 0 Å². The van der Waals surface area contributed by atoms with Gasteiger partial charge in [0.15, 0.2) is 0 Å². The van der Waals surface area contributed by atoms with Gasteiger partial charge in [0.05, 0.1) is 16.8 Å². The fraction of sp³-hybridized carbons (Fsp3) is 0.0588. The maximum atomic E-state index is 11.4. The number of carboxylic acid groups (broad SMARTS) is 1. The van der Waals surface area contributed by atoms with E-state index in [2.05, 4.69) is 4.98 Å². The van der Waals surface area contributed by atoms with Crippen LogP contribution in [0.5, 0.6) is 0 Å². The zero-order chi connectivity index (χ0) is 15.7. The van der Waals surface area contributed by atoms with Crippen LogP contribution >= 0.6 is 11.6 Å². The number of nitrogens with two attached hydrogens (primary N) is 1. The van der Waals surface area contributed by atoms with E-state index in [-0.39, 0.29) is 11.3 Å². The number of nitrogen functional groups attached to an aromatic ring is 1. The number of nitrogens with zero attached hydrogens (tertiary/aromatic N) is 1. The summed E-state index contributed by atoms with van der Waals surface area (Å²) in [5.74, 6) is -1.05. The van der Waals surface area contributed by atoms with Gasteiger partial charge in [0.2, 0.25) is 0 Å². The Morgan fingerprint density at radius 2 is 1.95 bits per heavy atom. The molecule has 1 heterocycles.